The lowest BCUT2D eigenvalue weighted by Gasteiger charge is -2.57. The van der Waals surface area contributed by atoms with Crippen LogP contribution in [0.25, 0.3) is 0 Å². The molecule has 0 heterocycles. The Labute approximate surface area is 169 Å². The summed E-state index contributed by atoms with van der Waals surface area (Å²) < 4.78 is 78.4. The first kappa shape index (κ1) is 20.5. The largest absolute Gasteiger partial charge is 0.391 e. The van der Waals surface area contributed by atoms with Gasteiger partial charge in [-0.2, -0.15) is 26.3 Å². The van der Waals surface area contributed by atoms with Gasteiger partial charge in [0.1, 0.15) is 0 Å². The van der Waals surface area contributed by atoms with Gasteiger partial charge in [-0.05, 0) is 111 Å². The Morgan fingerprint density at radius 1 is 0.759 bits per heavy atom. The standard InChI is InChI=1S/C23H32F6/c1-21-8-6-15-14-5-3-13(23(27,28)29)10-12(14)2-4-16(15)20(21)18-11-17(18)19(21)7-9-22(24,25)26/h12-20H,2-11H2,1H3/t12-,13+,14+,15?,16-,17+,18-,19?,20?,21-/m1/s1. The monoisotopic (exact) mass is 422 g/mol. The van der Waals surface area contributed by atoms with Gasteiger partial charge in [0, 0.05) is 6.42 Å². The molecule has 0 nitrogen and oxygen atoms in total. The molecule has 5 fully saturated rings. The van der Waals surface area contributed by atoms with Crippen LogP contribution >= 0.6 is 0 Å². The summed E-state index contributed by atoms with van der Waals surface area (Å²) in [4.78, 5) is 0. The Kier molecular flexibility index (Phi) is 4.62. The van der Waals surface area contributed by atoms with Crippen LogP contribution in [-0.2, 0) is 0 Å². The molecule has 166 valence electrons. The fourth-order valence-corrected chi connectivity index (χ4v) is 9.13. The highest BCUT2D eigenvalue weighted by atomic mass is 19.4. The summed E-state index contributed by atoms with van der Waals surface area (Å²) in [6.45, 7) is 2.26. The molecule has 0 radical (unpaired) electrons. The Bertz CT molecular complexity index is 638. The summed E-state index contributed by atoms with van der Waals surface area (Å²) in [5.74, 6) is 2.34. The number of fused-ring (bicyclic) bond motifs is 7. The minimum absolute atomic E-state index is 0.0238. The van der Waals surface area contributed by atoms with E-state index in [1.807, 2.05) is 0 Å². The first-order valence-corrected chi connectivity index (χ1v) is 11.6. The van der Waals surface area contributed by atoms with Crippen molar-refractivity contribution < 1.29 is 26.3 Å². The van der Waals surface area contributed by atoms with E-state index in [4.69, 9.17) is 0 Å². The van der Waals surface area contributed by atoms with Crippen molar-refractivity contribution in [2.24, 2.45) is 58.7 Å². The minimum Gasteiger partial charge on any atom is -0.171 e. The molecule has 5 aliphatic carbocycles. The van der Waals surface area contributed by atoms with E-state index in [0.29, 0.717) is 48.3 Å². The van der Waals surface area contributed by atoms with Gasteiger partial charge >= 0.3 is 12.4 Å². The highest BCUT2D eigenvalue weighted by Crippen LogP contribution is 2.75. The quantitative estimate of drug-likeness (QED) is 0.401. The maximum absolute atomic E-state index is 13.2. The highest BCUT2D eigenvalue weighted by Gasteiger charge is 2.69. The number of alkyl halides is 6. The number of hydrogen-bond donors (Lipinski definition) is 0. The van der Waals surface area contributed by atoms with Crippen LogP contribution in [0.5, 0.6) is 0 Å². The molecule has 6 heteroatoms. The van der Waals surface area contributed by atoms with E-state index in [2.05, 4.69) is 6.92 Å². The Morgan fingerprint density at radius 3 is 2.17 bits per heavy atom. The number of hydrogen-bond acceptors (Lipinski definition) is 0. The second-order valence-corrected chi connectivity index (χ2v) is 11.3. The predicted molar refractivity (Wildman–Crippen MR) is 97.8 cm³/mol. The van der Waals surface area contributed by atoms with Crippen molar-refractivity contribution >= 4 is 0 Å². The zero-order chi connectivity index (χ0) is 20.8. The third kappa shape index (κ3) is 3.33. The van der Waals surface area contributed by atoms with E-state index < -0.39 is 24.7 Å². The molecular formula is C23H32F6. The zero-order valence-electron chi connectivity index (χ0n) is 17.0. The molecule has 0 aromatic heterocycles. The Hall–Kier alpha value is -0.420. The van der Waals surface area contributed by atoms with Crippen LogP contribution in [0.2, 0.25) is 0 Å². The maximum Gasteiger partial charge on any atom is 0.391 e. The summed E-state index contributed by atoms with van der Waals surface area (Å²) in [6, 6.07) is 0. The van der Waals surface area contributed by atoms with E-state index in [-0.39, 0.29) is 30.1 Å². The van der Waals surface area contributed by atoms with E-state index in [1.165, 1.54) is 0 Å². The summed E-state index contributed by atoms with van der Waals surface area (Å²) >= 11 is 0. The van der Waals surface area contributed by atoms with Crippen molar-refractivity contribution in [2.75, 3.05) is 0 Å². The lowest BCUT2D eigenvalue weighted by atomic mass is 9.48. The van der Waals surface area contributed by atoms with Gasteiger partial charge in [0.05, 0.1) is 5.92 Å². The molecule has 5 aliphatic rings. The first-order valence-electron chi connectivity index (χ1n) is 11.6. The highest BCUT2D eigenvalue weighted by molar-refractivity contribution is 5.17. The first-order chi connectivity index (χ1) is 13.5. The van der Waals surface area contributed by atoms with Crippen LogP contribution in [0.1, 0.15) is 71.1 Å². The normalized spacial score (nSPS) is 51.6. The molecule has 0 bridgehead atoms. The van der Waals surface area contributed by atoms with Crippen molar-refractivity contribution in [3.63, 3.8) is 0 Å². The van der Waals surface area contributed by atoms with E-state index in [1.54, 1.807) is 0 Å². The molecule has 10 atom stereocenters. The topological polar surface area (TPSA) is 0 Å². The molecule has 3 unspecified atom stereocenters. The van der Waals surface area contributed by atoms with Crippen molar-refractivity contribution in [3.05, 3.63) is 0 Å². The van der Waals surface area contributed by atoms with Crippen molar-refractivity contribution in [2.45, 2.75) is 83.5 Å². The SMILES string of the molecule is C[C@]12CCC3[C@@H](CC[C@@H]4C[C@@H](C(F)(F)F)CC[C@H]34)C1[C@@H]1C[C@@H]1C2CCC(F)(F)F. The second-order valence-electron chi connectivity index (χ2n) is 11.3. The van der Waals surface area contributed by atoms with Crippen LogP contribution in [0, 0.1) is 58.7 Å². The van der Waals surface area contributed by atoms with Crippen LogP contribution in [-0.4, -0.2) is 12.4 Å². The Balaban J connectivity index is 1.31. The smallest absolute Gasteiger partial charge is 0.171 e. The van der Waals surface area contributed by atoms with Crippen LogP contribution in [0.4, 0.5) is 26.3 Å². The van der Waals surface area contributed by atoms with Crippen molar-refractivity contribution in [1.29, 1.82) is 0 Å². The van der Waals surface area contributed by atoms with Gasteiger partial charge in [-0.1, -0.05) is 6.92 Å². The predicted octanol–water partition coefficient (Wildman–Crippen LogP) is 7.63. The third-order valence-electron chi connectivity index (χ3n) is 10.2. The van der Waals surface area contributed by atoms with E-state index >= 15 is 0 Å². The molecular weight excluding hydrogens is 390 g/mol. The average Bonchev–Trinajstić information content (AvgIpc) is 3.33. The molecule has 5 saturated carbocycles. The molecule has 0 spiro atoms. The lowest BCUT2D eigenvalue weighted by molar-refractivity contribution is -0.196. The van der Waals surface area contributed by atoms with Crippen molar-refractivity contribution in [3.8, 4) is 0 Å². The van der Waals surface area contributed by atoms with Crippen LogP contribution in [0.3, 0.4) is 0 Å². The molecule has 5 rings (SSSR count). The number of halogens is 6. The van der Waals surface area contributed by atoms with Gasteiger partial charge in [0.25, 0.3) is 0 Å². The van der Waals surface area contributed by atoms with Crippen LogP contribution in [0.15, 0.2) is 0 Å². The summed E-state index contributed by atoms with van der Waals surface area (Å²) in [6.07, 6.45) is -2.25. The molecule has 0 N–H and O–H groups in total. The Morgan fingerprint density at radius 2 is 1.48 bits per heavy atom. The van der Waals surface area contributed by atoms with Gasteiger partial charge in [0.15, 0.2) is 0 Å². The van der Waals surface area contributed by atoms with E-state index in [0.717, 1.165) is 32.1 Å². The summed E-state index contributed by atoms with van der Waals surface area (Å²) in [5.41, 5.74) is 0.0238. The van der Waals surface area contributed by atoms with Gasteiger partial charge in [0.2, 0.25) is 0 Å². The van der Waals surface area contributed by atoms with E-state index in [9.17, 15) is 26.3 Å². The molecule has 0 amide bonds. The second kappa shape index (κ2) is 6.54. The molecule has 29 heavy (non-hydrogen) atoms. The summed E-state index contributed by atoms with van der Waals surface area (Å²) in [7, 11) is 0. The minimum atomic E-state index is -4.08. The number of rotatable bonds is 2. The van der Waals surface area contributed by atoms with Gasteiger partial charge in [-0.25, -0.2) is 0 Å². The van der Waals surface area contributed by atoms with Crippen LogP contribution < -0.4 is 0 Å². The third-order valence-corrected chi connectivity index (χ3v) is 10.2. The van der Waals surface area contributed by atoms with Gasteiger partial charge < -0.3 is 0 Å². The van der Waals surface area contributed by atoms with Gasteiger partial charge in [-0.15, -0.1) is 0 Å². The lowest BCUT2D eigenvalue weighted by Crippen LogP contribution is -2.50. The van der Waals surface area contributed by atoms with Crippen molar-refractivity contribution in [1.82, 2.24) is 0 Å². The fourth-order valence-electron chi connectivity index (χ4n) is 9.13. The van der Waals surface area contributed by atoms with Gasteiger partial charge in [-0.3, -0.25) is 0 Å². The molecule has 0 aromatic rings. The summed E-state index contributed by atoms with van der Waals surface area (Å²) in [5, 5.41) is 0. The molecule has 0 saturated heterocycles. The molecule has 0 aliphatic heterocycles. The maximum atomic E-state index is 13.2. The fraction of sp³-hybridized carbons (Fsp3) is 1.00. The molecule has 0 aromatic carbocycles. The average molecular weight is 422 g/mol. The zero-order valence-corrected chi connectivity index (χ0v) is 17.0.